The molecule has 0 spiro atoms. The number of rotatable bonds is 5. The molecule has 0 unspecified atom stereocenters. The molecule has 174 valence electrons. The van der Waals surface area contributed by atoms with Gasteiger partial charge in [-0.15, -0.1) is 0 Å². The smallest absolute Gasteiger partial charge is 0.231 e. The number of thioether (sulfide) groups is 1. The van der Waals surface area contributed by atoms with Crippen molar-refractivity contribution in [3.63, 3.8) is 0 Å². The summed E-state index contributed by atoms with van der Waals surface area (Å²) < 4.78 is 16.1. The largest absolute Gasteiger partial charge is 0.454 e. The third kappa shape index (κ3) is 4.53. The first kappa shape index (κ1) is 21.8. The number of anilines is 1. The number of amides is 1. The number of aliphatic hydroxyl groups excluding tert-OH is 2. The van der Waals surface area contributed by atoms with Crippen LogP contribution in [0.1, 0.15) is 6.42 Å². The summed E-state index contributed by atoms with van der Waals surface area (Å²) in [5, 5.41) is 27.5. The van der Waals surface area contributed by atoms with Gasteiger partial charge in [-0.3, -0.25) is 14.7 Å². The molecule has 1 amide bonds. The Morgan fingerprint density at radius 2 is 2.03 bits per heavy atom. The Labute approximate surface area is 190 Å². The average molecular weight is 465 g/mol. The maximum absolute atomic E-state index is 13.0. The maximum atomic E-state index is 13.0. The number of nitrogens with one attached hydrogen (secondary N) is 2. The molecule has 5 atom stereocenters. The van der Waals surface area contributed by atoms with E-state index in [2.05, 4.69) is 20.5 Å². The van der Waals surface area contributed by atoms with Gasteiger partial charge >= 0.3 is 0 Å². The van der Waals surface area contributed by atoms with Crippen molar-refractivity contribution in [3.8, 4) is 11.5 Å². The van der Waals surface area contributed by atoms with Crippen molar-refractivity contribution in [2.45, 2.75) is 29.9 Å². The zero-order chi connectivity index (χ0) is 22.1. The minimum Gasteiger partial charge on any atom is -0.454 e. The molecule has 11 heteroatoms. The van der Waals surface area contributed by atoms with Crippen molar-refractivity contribution in [2.75, 3.05) is 51.5 Å². The van der Waals surface area contributed by atoms with Gasteiger partial charge in [-0.1, -0.05) is 11.8 Å². The van der Waals surface area contributed by atoms with Gasteiger partial charge in [0.2, 0.25) is 12.7 Å². The summed E-state index contributed by atoms with van der Waals surface area (Å²) >= 11 is 1.43. The van der Waals surface area contributed by atoms with Gasteiger partial charge in [0.25, 0.3) is 0 Å². The molecule has 0 radical (unpaired) electrons. The van der Waals surface area contributed by atoms with Crippen LogP contribution in [-0.4, -0.2) is 95.9 Å². The number of carbonyl (C=O) groups is 1. The fourth-order valence-corrected chi connectivity index (χ4v) is 5.88. The minimum atomic E-state index is -0.999. The van der Waals surface area contributed by atoms with Crippen LogP contribution >= 0.6 is 11.8 Å². The Morgan fingerprint density at radius 1 is 1.22 bits per heavy atom. The predicted octanol–water partition coefficient (Wildman–Crippen LogP) is -0.143. The van der Waals surface area contributed by atoms with E-state index in [1.807, 2.05) is 18.2 Å². The normalized spacial score (nSPS) is 31.7. The Balaban J connectivity index is 1.21. The number of ether oxygens (including phenoxy) is 3. The zero-order valence-electron chi connectivity index (χ0n) is 17.6. The molecule has 32 heavy (non-hydrogen) atoms. The van der Waals surface area contributed by atoms with Crippen LogP contribution in [0.3, 0.4) is 0 Å². The summed E-state index contributed by atoms with van der Waals surface area (Å²) in [5.41, 5.74) is 0.778. The zero-order valence-corrected chi connectivity index (χ0v) is 18.4. The number of hydrogen-bond donors (Lipinski definition) is 4. The quantitative estimate of drug-likeness (QED) is 0.471. The van der Waals surface area contributed by atoms with Crippen LogP contribution in [0, 0.1) is 5.92 Å². The SMILES string of the molecule is O=C(NCCN1CCOCC1)[C@H]1C[C@@H](O)[C@H](O)[C@H]2N=C(Nc3ccc4c(c3)OCO4)S[C@@H]21. The monoisotopic (exact) mass is 464 g/mol. The highest BCUT2D eigenvalue weighted by Gasteiger charge is 2.50. The van der Waals surface area contributed by atoms with Crippen LogP contribution in [-0.2, 0) is 9.53 Å². The lowest BCUT2D eigenvalue weighted by molar-refractivity contribution is -0.129. The van der Waals surface area contributed by atoms with E-state index in [0.717, 1.165) is 38.5 Å². The fourth-order valence-electron chi connectivity index (χ4n) is 4.50. The highest BCUT2D eigenvalue weighted by molar-refractivity contribution is 8.15. The van der Waals surface area contributed by atoms with Crippen molar-refractivity contribution in [1.82, 2.24) is 10.2 Å². The van der Waals surface area contributed by atoms with Gasteiger partial charge in [-0.2, -0.15) is 0 Å². The van der Waals surface area contributed by atoms with Crippen LogP contribution in [0.5, 0.6) is 11.5 Å². The predicted molar refractivity (Wildman–Crippen MR) is 119 cm³/mol. The Kier molecular flexibility index (Phi) is 6.42. The van der Waals surface area contributed by atoms with Crippen LogP contribution < -0.4 is 20.1 Å². The first-order valence-electron chi connectivity index (χ1n) is 10.9. The van der Waals surface area contributed by atoms with Crippen molar-refractivity contribution < 1.29 is 29.2 Å². The van der Waals surface area contributed by atoms with E-state index in [1.54, 1.807) is 0 Å². The molecular formula is C21H28N4O6S. The number of aliphatic imine (C=N–C) groups is 1. The van der Waals surface area contributed by atoms with Crippen LogP contribution in [0.25, 0.3) is 0 Å². The Morgan fingerprint density at radius 3 is 2.88 bits per heavy atom. The van der Waals surface area contributed by atoms with Gasteiger partial charge in [-0.05, 0) is 18.6 Å². The molecule has 5 rings (SSSR count). The molecular weight excluding hydrogens is 436 g/mol. The number of hydrogen-bond acceptors (Lipinski definition) is 10. The second-order valence-electron chi connectivity index (χ2n) is 8.35. The number of amidine groups is 1. The van der Waals surface area contributed by atoms with Crippen molar-refractivity contribution >= 4 is 28.5 Å². The number of carbonyl (C=O) groups excluding carboxylic acids is 1. The van der Waals surface area contributed by atoms with Crippen LogP contribution in [0.15, 0.2) is 23.2 Å². The second-order valence-corrected chi connectivity index (χ2v) is 9.51. The van der Waals surface area contributed by atoms with Gasteiger partial charge in [0.15, 0.2) is 16.7 Å². The van der Waals surface area contributed by atoms with E-state index in [0.29, 0.717) is 23.2 Å². The van der Waals surface area contributed by atoms with E-state index in [-0.39, 0.29) is 24.4 Å². The molecule has 4 N–H and O–H groups in total. The fraction of sp³-hybridized carbons (Fsp3) is 0.619. The van der Waals surface area contributed by atoms with Crippen molar-refractivity contribution in [3.05, 3.63) is 18.2 Å². The standard InChI is InChI=1S/C21H28N4O6S/c26-14-10-13(20(28)22-3-4-25-5-7-29-8-6-25)19-17(18(14)27)24-21(32-19)23-12-1-2-15-16(9-12)31-11-30-15/h1-2,9,13-14,17-19,26-27H,3-8,10-11H2,(H,22,28)(H,23,24)/t13-,14+,17+,18-,19+/m0/s1. The highest BCUT2D eigenvalue weighted by Crippen LogP contribution is 2.42. The summed E-state index contributed by atoms with van der Waals surface area (Å²) in [4.78, 5) is 19.8. The Hall–Kier alpha value is -2.05. The third-order valence-electron chi connectivity index (χ3n) is 6.28. The minimum absolute atomic E-state index is 0.105. The van der Waals surface area contributed by atoms with E-state index in [1.165, 1.54) is 11.8 Å². The van der Waals surface area contributed by atoms with Gasteiger partial charge in [-0.25, -0.2) is 0 Å². The second kappa shape index (κ2) is 9.44. The summed E-state index contributed by atoms with van der Waals surface area (Å²) in [6.45, 7) is 4.68. The first-order valence-corrected chi connectivity index (χ1v) is 11.8. The average Bonchev–Trinajstić information content (AvgIpc) is 3.44. The molecule has 0 aromatic heterocycles. The molecule has 10 nitrogen and oxygen atoms in total. The molecule has 4 aliphatic rings. The summed E-state index contributed by atoms with van der Waals surface area (Å²) in [5.74, 6) is 0.806. The van der Waals surface area contributed by atoms with Crippen LogP contribution in [0.4, 0.5) is 5.69 Å². The highest BCUT2D eigenvalue weighted by atomic mass is 32.2. The molecule has 1 aliphatic carbocycles. The molecule has 3 aliphatic heterocycles. The van der Waals surface area contributed by atoms with Crippen molar-refractivity contribution in [2.24, 2.45) is 10.9 Å². The van der Waals surface area contributed by atoms with Gasteiger partial charge in [0.1, 0.15) is 6.10 Å². The lowest BCUT2D eigenvalue weighted by Crippen LogP contribution is -2.54. The number of nitrogens with zero attached hydrogens (tertiary/aromatic N) is 2. The number of benzene rings is 1. The molecule has 1 aromatic rings. The summed E-state index contributed by atoms with van der Waals surface area (Å²) in [7, 11) is 0. The molecule has 2 fully saturated rings. The van der Waals surface area contributed by atoms with E-state index in [9.17, 15) is 15.0 Å². The molecule has 0 bridgehead atoms. The summed E-state index contributed by atoms with van der Waals surface area (Å²) in [6.07, 6.45) is -1.77. The van der Waals surface area contributed by atoms with Gasteiger partial charge < -0.3 is 35.1 Å². The lowest BCUT2D eigenvalue weighted by Gasteiger charge is -2.37. The molecule has 1 saturated carbocycles. The number of aliphatic hydroxyl groups is 2. The van der Waals surface area contributed by atoms with E-state index < -0.39 is 24.2 Å². The van der Waals surface area contributed by atoms with E-state index >= 15 is 0 Å². The topological polar surface area (TPSA) is 125 Å². The van der Waals surface area contributed by atoms with Gasteiger partial charge in [0.05, 0.1) is 31.3 Å². The van der Waals surface area contributed by atoms with Crippen molar-refractivity contribution in [1.29, 1.82) is 0 Å². The van der Waals surface area contributed by atoms with E-state index in [4.69, 9.17) is 14.2 Å². The molecule has 1 saturated heterocycles. The number of fused-ring (bicyclic) bond motifs is 2. The lowest BCUT2D eigenvalue weighted by atomic mass is 9.81. The van der Waals surface area contributed by atoms with Crippen LogP contribution in [0.2, 0.25) is 0 Å². The van der Waals surface area contributed by atoms with Gasteiger partial charge in [0, 0.05) is 43.2 Å². The first-order chi connectivity index (χ1) is 15.6. The third-order valence-corrected chi connectivity index (χ3v) is 7.59. The number of morpholine rings is 1. The Bertz CT molecular complexity index is 880. The summed E-state index contributed by atoms with van der Waals surface area (Å²) in [6, 6.07) is 4.96. The maximum Gasteiger partial charge on any atom is 0.231 e. The molecule has 3 heterocycles. The molecule has 1 aromatic carbocycles.